The topological polar surface area (TPSA) is 79.6 Å². The minimum absolute atomic E-state index is 0.180. The Balaban J connectivity index is 1.70. The van der Waals surface area contributed by atoms with Gasteiger partial charge < -0.3 is 9.73 Å². The van der Waals surface area contributed by atoms with E-state index in [4.69, 9.17) is 4.42 Å². The molecule has 6 nitrogen and oxygen atoms in total. The van der Waals surface area contributed by atoms with Crippen molar-refractivity contribution >= 4 is 46.4 Å². The number of carbonyl (C=O) groups excluding carboxylic acids is 3. The van der Waals surface area contributed by atoms with Crippen molar-refractivity contribution in [3.8, 4) is 0 Å². The molecule has 0 spiro atoms. The molecular weight excluding hydrogens is 424 g/mol. The maximum Gasteiger partial charge on any atom is 0.272 e. The van der Waals surface area contributed by atoms with Crippen molar-refractivity contribution in [3.63, 3.8) is 0 Å². The zero-order valence-electron chi connectivity index (χ0n) is 17.8. The van der Waals surface area contributed by atoms with E-state index in [1.165, 1.54) is 23.6 Å². The van der Waals surface area contributed by atoms with E-state index in [1.807, 2.05) is 18.2 Å². The number of rotatable bonds is 7. The minimum atomic E-state index is -0.367. The lowest BCUT2D eigenvalue weighted by Gasteiger charge is -2.15. The molecule has 0 saturated heterocycles. The Morgan fingerprint density at radius 3 is 2.31 bits per heavy atom. The normalized spacial score (nSPS) is 13.8. The van der Waals surface area contributed by atoms with E-state index in [2.05, 4.69) is 12.2 Å². The zero-order valence-corrected chi connectivity index (χ0v) is 18.6. The molecule has 0 atom stereocenters. The molecule has 0 unspecified atom stereocenters. The molecule has 0 fully saturated rings. The zero-order chi connectivity index (χ0) is 22.7. The van der Waals surface area contributed by atoms with Crippen LogP contribution in [0.2, 0.25) is 0 Å². The van der Waals surface area contributed by atoms with Gasteiger partial charge in [0.2, 0.25) is 5.91 Å². The number of amides is 3. The number of nitrogens with one attached hydrogen (secondary N) is 1. The van der Waals surface area contributed by atoms with Crippen LogP contribution in [0.4, 0.5) is 11.4 Å². The van der Waals surface area contributed by atoms with Crippen LogP contribution in [0.15, 0.2) is 76.2 Å². The van der Waals surface area contributed by atoms with Crippen LogP contribution in [0, 0.1) is 0 Å². The predicted octanol–water partition coefficient (Wildman–Crippen LogP) is 5.02. The highest BCUT2D eigenvalue weighted by Gasteiger charge is 2.40. The monoisotopic (exact) mass is 446 g/mol. The van der Waals surface area contributed by atoms with Crippen molar-refractivity contribution in [1.29, 1.82) is 0 Å². The molecule has 3 aromatic rings. The number of benzene rings is 2. The molecule has 0 bridgehead atoms. The summed E-state index contributed by atoms with van der Waals surface area (Å²) < 4.78 is 5.39. The molecule has 4 rings (SSSR count). The molecule has 2 aromatic carbocycles. The van der Waals surface area contributed by atoms with Gasteiger partial charge in [-0.1, -0.05) is 31.2 Å². The summed E-state index contributed by atoms with van der Waals surface area (Å²) in [6.07, 6.45) is 2.45. The van der Waals surface area contributed by atoms with Gasteiger partial charge >= 0.3 is 0 Å². The van der Waals surface area contributed by atoms with Gasteiger partial charge in [0.1, 0.15) is 5.76 Å². The van der Waals surface area contributed by atoms with Crippen LogP contribution in [0.25, 0.3) is 5.57 Å². The van der Waals surface area contributed by atoms with Gasteiger partial charge in [-0.25, -0.2) is 4.90 Å². The molecule has 0 radical (unpaired) electrons. The Kier molecular flexibility index (Phi) is 6.28. The highest BCUT2D eigenvalue weighted by atomic mass is 32.2. The minimum Gasteiger partial charge on any atom is -0.468 e. The first-order valence-electron chi connectivity index (χ1n) is 10.2. The molecule has 162 valence electrons. The first-order chi connectivity index (χ1) is 15.5. The largest absolute Gasteiger partial charge is 0.468 e. The fourth-order valence-corrected chi connectivity index (χ4v) is 4.49. The van der Waals surface area contributed by atoms with Crippen LogP contribution in [0.3, 0.4) is 0 Å². The first kappa shape index (κ1) is 21.6. The number of hydrogen-bond donors (Lipinski definition) is 1. The fourth-order valence-electron chi connectivity index (χ4n) is 3.47. The molecule has 1 aromatic heterocycles. The van der Waals surface area contributed by atoms with Crippen molar-refractivity contribution in [3.05, 3.63) is 88.7 Å². The Labute approximate surface area is 190 Å². The van der Waals surface area contributed by atoms with Crippen LogP contribution >= 0.6 is 11.8 Å². The Bertz CT molecular complexity index is 1180. The number of aryl methyl sites for hydroxylation is 1. The lowest BCUT2D eigenvalue weighted by Crippen LogP contribution is -2.31. The van der Waals surface area contributed by atoms with Gasteiger partial charge in [0.25, 0.3) is 11.8 Å². The van der Waals surface area contributed by atoms with Crippen molar-refractivity contribution < 1.29 is 18.8 Å². The molecule has 7 heteroatoms. The number of furan rings is 1. The van der Waals surface area contributed by atoms with Crippen molar-refractivity contribution in [1.82, 2.24) is 0 Å². The summed E-state index contributed by atoms with van der Waals surface area (Å²) in [6, 6.07) is 18.0. The number of carbonyl (C=O) groups is 3. The second-order valence-corrected chi connectivity index (χ2v) is 8.28. The van der Waals surface area contributed by atoms with E-state index < -0.39 is 0 Å². The van der Waals surface area contributed by atoms with Gasteiger partial charge in [-0.2, -0.15) is 0 Å². The van der Waals surface area contributed by atoms with E-state index >= 15 is 0 Å². The smallest absolute Gasteiger partial charge is 0.272 e. The number of hydrogen-bond acceptors (Lipinski definition) is 5. The summed E-state index contributed by atoms with van der Waals surface area (Å²) >= 11 is 1.28. The van der Waals surface area contributed by atoms with Gasteiger partial charge in [0.15, 0.2) is 0 Å². The fraction of sp³-hybridized carbons (Fsp3) is 0.160. The van der Waals surface area contributed by atoms with Gasteiger partial charge in [0, 0.05) is 12.6 Å². The van der Waals surface area contributed by atoms with Crippen LogP contribution < -0.4 is 10.2 Å². The summed E-state index contributed by atoms with van der Waals surface area (Å²) in [4.78, 5) is 39.7. The Hall–Kier alpha value is -3.58. The second-order valence-electron chi connectivity index (χ2n) is 7.30. The average Bonchev–Trinajstić information content (AvgIpc) is 3.39. The summed E-state index contributed by atoms with van der Waals surface area (Å²) in [7, 11) is 0. The highest BCUT2D eigenvalue weighted by molar-refractivity contribution is 8.03. The Morgan fingerprint density at radius 2 is 1.72 bits per heavy atom. The van der Waals surface area contributed by atoms with Crippen LogP contribution in [-0.4, -0.2) is 17.7 Å². The molecule has 32 heavy (non-hydrogen) atoms. The first-order valence-corrected chi connectivity index (χ1v) is 11.2. The molecule has 1 N–H and O–H groups in total. The van der Waals surface area contributed by atoms with Crippen molar-refractivity contribution in [2.75, 3.05) is 10.2 Å². The van der Waals surface area contributed by atoms with E-state index in [-0.39, 0.29) is 17.7 Å². The van der Waals surface area contributed by atoms with Gasteiger partial charge in [-0.05, 0) is 53.9 Å². The third-order valence-corrected chi connectivity index (χ3v) is 6.17. The van der Waals surface area contributed by atoms with Crippen LogP contribution in [-0.2, 0) is 26.6 Å². The molecule has 2 heterocycles. The van der Waals surface area contributed by atoms with Crippen LogP contribution in [0.1, 0.15) is 30.7 Å². The number of nitrogens with zero attached hydrogens (tertiary/aromatic N) is 1. The third kappa shape index (κ3) is 4.38. The summed E-state index contributed by atoms with van der Waals surface area (Å²) in [5, 5.41) is 2.71. The van der Waals surface area contributed by atoms with E-state index in [0.29, 0.717) is 38.9 Å². The lowest BCUT2D eigenvalue weighted by molar-refractivity contribution is -0.120. The predicted molar refractivity (Wildman–Crippen MR) is 126 cm³/mol. The number of anilines is 2. The number of thioether (sulfide) groups is 1. The molecule has 1 aliphatic heterocycles. The van der Waals surface area contributed by atoms with Gasteiger partial charge in [-0.3, -0.25) is 14.4 Å². The van der Waals surface area contributed by atoms with Gasteiger partial charge in [0.05, 0.1) is 28.2 Å². The standard InChI is InChI=1S/C25H22N2O4S/c1-3-17-6-12-20(13-7-17)27-24(29)22(18-8-10-19(11-9-18)26-16(2)28)23(25(27)30)32-15-21-5-4-14-31-21/h4-14H,3,15H2,1-2H3,(H,26,28). The second kappa shape index (κ2) is 9.28. The van der Waals surface area contributed by atoms with E-state index in [1.54, 1.807) is 48.7 Å². The lowest BCUT2D eigenvalue weighted by atomic mass is 10.1. The maximum absolute atomic E-state index is 13.4. The number of imide groups is 1. The third-order valence-electron chi connectivity index (χ3n) is 5.08. The summed E-state index contributed by atoms with van der Waals surface area (Å²) in [5.41, 5.74) is 3.25. The average molecular weight is 447 g/mol. The summed E-state index contributed by atoms with van der Waals surface area (Å²) in [5.74, 6) is 0.247. The van der Waals surface area contributed by atoms with Crippen LogP contribution in [0.5, 0.6) is 0 Å². The van der Waals surface area contributed by atoms with E-state index in [9.17, 15) is 14.4 Å². The van der Waals surface area contributed by atoms with Gasteiger partial charge in [-0.15, -0.1) is 11.8 Å². The van der Waals surface area contributed by atoms with Crippen molar-refractivity contribution in [2.24, 2.45) is 0 Å². The van der Waals surface area contributed by atoms with Crippen molar-refractivity contribution in [2.45, 2.75) is 26.0 Å². The molecule has 0 saturated carbocycles. The molecular formula is C25H22N2O4S. The molecule has 1 aliphatic rings. The molecule has 3 amide bonds. The Morgan fingerprint density at radius 1 is 1.00 bits per heavy atom. The quantitative estimate of drug-likeness (QED) is 0.516. The molecule has 0 aliphatic carbocycles. The summed E-state index contributed by atoms with van der Waals surface area (Å²) in [6.45, 7) is 3.48. The maximum atomic E-state index is 13.4. The van der Waals surface area contributed by atoms with E-state index in [0.717, 1.165) is 12.0 Å². The SMILES string of the molecule is CCc1ccc(N2C(=O)C(SCc3ccco3)=C(c3ccc(NC(C)=O)cc3)C2=O)cc1. The highest BCUT2D eigenvalue weighted by Crippen LogP contribution is 2.40.